The summed E-state index contributed by atoms with van der Waals surface area (Å²) in [6.45, 7) is 3.50. The zero-order chi connectivity index (χ0) is 12.0. The van der Waals surface area contributed by atoms with Crippen molar-refractivity contribution in [3.8, 4) is 0 Å². The minimum Gasteiger partial charge on any atom is -0.345 e. The highest BCUT2D eigenvalue weighted by Crippen LogP contribution is 2.16. The van der Waals surface area contributed by atoms with E-state index in [4.69, 9.17) is 5.73 Å². The Hall–Kier alpha value is -0.870. The van der Waals surface area contributed by atoms with Crippen molar-refractivity contribution in [2.75, 3.05) is 20.1 Å². The number of hydrogen-bond acceptors (Lipinski definition) is 3. The Morgan fingerprint density at radius 1 is 1.56 bits per heavy atom. The van der Waals surface area contributed by atoms with Gasteiger partial charge in [-0.2, -0.15) is 0 Å². The van der Waals surface area contributed by atoms with E-state index in [1.54, 1.807) is 16.2 Å². The van der Waals surface area contributed by atoms with Crippen LogP contribution in [0.4, 0.5) is 0 Å². The molecule has 0 radical (unpaired) electrons. The lowest BCUT2D eigenvalue weighted by Crippen LogP contribution is -2.29. The van der Waals surface area contributed by atoms with Gasteiger partial charge in [-0.25, -0.2) is 0 Å². The van der Waals surface area contributed by atoms with Crippen molar-refractivity contribution in [2.24, 2.45) is 5.73 Å². The highest BCUT2D eigenvalue weighted by molar-refractivity contribution is 7.10. The first-order chi connectivity index (χ1) is 7.65. The summed E-state index contributed by atoms with van der Waals surface area (Å²) in [5.74, 6) is 0.194. The van der Waals surface area contributed by atoms with Gasteiger partial charge in [0.2, 0.25) is 5.91 Å². The average Bonchev–Trinajstić information content (AvgIpc) is 2.68. The van der Waals surface area contributed by atoms with Crippen molar-refractivity contribution in [3.63, 3.8) is 0 Å². The highest BCUT2D eigenvalue weighted by Gasteiger charge is 2.08. The SMILES string of the molecule is Cc1ccsc1CCN(C)C(=O)CCCN. The van der Waals surface area contributed by atoms with Gasteiger partial charge in [0.15, 0.2) is 0 Å². The molecule has 0 aliphatic heterocycles. The van der Waals surface area contributed by atoms with E-state index in [2.05, 4.69) is 18.4 Å². The normalized spacial score (nSPS) is 10.4. The zero-order valence-electron chi connectivity index (χ0n) is 10.0. The minimum absolute atomic E-state index is 0.194. The first kappa shape index (κ1) is 13.2. The van der Waals surface area contributed by atoms with Gasteiger partial charge >= 0.3 is 0 Å². The third-order valence-electron chi connectivity index (χ3n) is 2.66. The Labute approximate surface area is 101 Å². The number of hydrogen-bond donors (Lipinski definition) is 1. The molecule has 0 spiro atoms. The van der Waals surface area contributed by atoms with Crippen LogP contribution in [0.1, 0.15) is 23.3 Å². The number of amides is 1. The second-order valence-corrected chi connectivity index (χ2v) is 4.98. The van der Waals surface area contributed by atoms with Crippen LogP contribution in [0.25, 0.3) is 0 Å². The van der Waals surface area contributed by atoms with E-state index >= 15 is 0 Å². The second kappa shape index (κ2) is 6.66. The second-order valence-electron chi connectivity index (χ2n) is 3.98. The average molecular weight is 240 g/mol. The molecule has 0 bridgehead atoms. The standard InChI is InChI=1S/C12H20N2OS/c1-10-6-9-16-11(10)5-8-14(2)12(15)4-3-7-13/h6,9H,3-5,7-8,13H2,1-2H3. The van der Waals surface area contributed by atoms with E-state index in [0.717, 1.165) is 19.4 Å². The van der Waals surface area contributed by atoms with Crippen molar-refractivity contribution in [3.05, 3.63) is 21.9 Å². The molecule has 4 heteroatoms. The molecule has 16 heavy (non-hydrogen) atoms. The molecule has 1 aromatic rings. The summed E-state index contributed by atoms with van der Waals surface area (Å²) < 4.78 is 0. The van der Waals surface area contributed by atoms with E-state index in [-0.39, 0.29) is 5.91 Å². The number of thiophene rings is 1. The lowest BCUT2D eigenvalue weighted by Gasteiger charge is -2.16. The fourth-order valence-corrected chi connectivity index (χ4v) is 2.40. The molecule has 2 N–H and O–H groups in total. The van der Waals surface area contributed by atoms with Crippen LogP contribution in [0, 0.1) is 6.92 Å². The van der Waals surface area contributed by atoms with Crippen LogP contribution in [0.3, 0.4) is 0 Å². The number of carbonyl (C=O) groups is 1. The van der Waals surface area contributed by atoms with E-state index < -0.39 is 0 Å². The van der Waals surface area contributed by atoms with Crippen LogP contribution in [0.5, 0.6) is 0 Å². The molecule has 1 amide bonds. The lowest BCUT2D eigenvalue weighted by molar-refractivity contribution is -0.129. The smallest absolute Gasteiger partial charge is 0.222 e. The van der Waals surface area contributed by atoms with Gasteiger partial charge in [0.25, 0.3) is 0 Å². The zero-order valence-corrected chi connectivity index (χ0v) is 10.8. The summed E-state index contributed by atoms with van der Waals surface area (Å²) in [4.78, 5) is 14.8. The Morgan fingerprint density at radius 3 is 2.88 bits per heavy atom. The highest BCUT2D eigenvalue weighted by atomic mass is 32.1. The first-order valence-corrected chi connectivity index (χ1v) is 6.50. The van der Waals surface area contributed by atoms with E-state index in [1.807, 2.05) is 7.05 Å². The number of likely N-dealkylation sites (N-methyl/N-ethyl adjacent to an activating group) is 1. The molecule has 3 nitrogen and oxygen atoms in total. The monoisotopic (exact) mass is 240 g/mol. The molecular weight excluding hydrogens is 220 g/mol. The van der Waals surface area contributed by atoms with Crippen LogP contribution in [0.15, 0.2) is 11.4 Å². The summed E-state index contributed by atoms with van der Waals surface area (Å²) in [5.41, 5.74) is 6.71. The summed E-state index contributed by atoms with van der Waals surface area (Å²) in [6.07, 6.45) is 2.30. The summed E-state index contributed by atoms with van der Waals surface area (Å²) in [5, 5.41) is 2.10. The van der Waals surface area contributed by atoms with Crippen molar-refractivity contribution < 1.29 is 4.79 Å². The third kappa shape index (κ3) is 3.94. The molecule has 0 fully saturated rings. The topological polar surface area (TPSA) is 46.3 Å². The quantitative estimate of drug-likeness (QED) is 0.824. The van der Waals surface area contributed by atoms with Crippen molar-refractivity contribution in [1.82, 2.24) is 4.90 Å². The molecule has 0 saturated carbocycles. The van der Waals surface area contributed by atoms with E-state index in [0.29, 0.717) is 13.0 Å². The number of rotatable bonds is 6. The number of carbonyl (C=O) groups excluding carboxylic acids is 1. The van der Waals surface area contributed by atoms with Crippen LogP contribution in [-0.4, -0.2) is 30.9 Å². The maximum Gasteiger partial charge on any atom is 0.222 e. The first-order valence-electron chi connectivity index (χ1n) is 5.62. The van der Waals surface area contributed by atoms with Gasteiger partial charge in [0.1, 0.15) is 0 Å². The number of aryl methyl sites for hydroxylation is 1. The van der Waals surface area contributed by atoms with Crippen LogP contribution in [0.2, 0.25) is 0 Å². The van der Waals surface area contributed by atoms with E-state index in [1.165, 1.54) is 10.4 Å². The number of nitrogens with two attached hydrogens (primary N) is 1. The molecule has 1 rings (SSSR count). The molecule has 0 saturated heterocycles. The number of nitrogens with zero attached hydrogens (tertiary/aromatic N) is 1. The molecule has 0 unspecified atom stereocenters. The van der Waals surface area contributed by atoms with Gasteiger partial charge < -0.3 is 10.6 Å². The Bertz CT molecular complexity index is 336. The molecule has 0 aliphatic rings. The molecule has 0 aliphatic carbocycles. The van der Waals surface area contributed by atoms with Gasteiger partial charge in [-0.15, -0.1) is 11.3 Å². The Kier molecular flexibility index (Phi) is 5.49. The summed E-state index contributed by atoms with van der Waals surface area (Å²) in [7, 11) is 1.86. The van der Waals surface area contributed by atoms with E-state index in [9.17, 15) is 4.79 Å². The maximum atomic E-state index is 11.6. The fraction of sp³-hybridized carbons (Fsp3) is 0.583. The summed E-state index contributed by atoms with van der Waals surface area (Å²) in [6, 6.07) is 2.12. The fourth-order valence-electron chi connectivity index (χ4n) is 1.50. The van der Waals surface area contributed by atoms with Crippen LogP contribution >= 0.6 is 11.3 Å². The molecule has 1 aromatic heterocycles. The van der Waals surface area contributed by atoms with Gasteiger partial charge in [0, 0.05) is 24.9 Å². The third-order valence-corrected chi connectivity index (χ3v) is 3.75. The lowest BCUT2D eigenvalue weighted by atomic mass is 10.2. The molecular formula is C12H20N2OS. The Morgan fingerprint density at radius 2 is 2.31 bits per heavy atom. The molecule has 0 atom stereocenters. The Balaban J connectivity index is 2.32. The van der Waals surface area contributed by atoms with Gasteiger partial charge in [-0.3, -0.25) is 4.79 Å². The molecule has 90 valence electrons. The van der Waals surface area contributed by atoms with Crippen LogP contribution < -0.4 is 5.73 Å². The molecule has 1 heterocycles. The van der Waals surface area contributed by atoms with Crippen molar-refractivity contribution >= 4 is 17.2 Å². The minimum atomic E-state index is 0.194. The summed E-state index contributed by atoms with van der Waals surface area (Å²) >= 11 is 1.76. The maximum absolute atomic E-state index is 11.6. The van der Waals surface area contributed by atoms with Crippen LogP contribution in [-0.2, 0) is 11.2 Å². The molecule has 0 aromatic carbocycles. The van der Waals surface area contributed by atoms with Gasteiger partial charge in [-0.1, -0.05) is 0 Å². The van der Waals surface area contributed by atoms with Gasteiger partial charge in [0.05, 0.1) is 0 Å². The largest absolute Gasteiger partial charge is 0.345 e. The predicted octanol–water partition coefficient (Wildman–Crippen LogP) is 1.80. The van der Waals surface area contributed by atoms with Gasteiger partial charge in [-0.05, 0) is 43.3 Å². The van der Waals surface area contributed by atoms with Crippen molar-refractivity contribution in [1.29, 1.82) is 0 Å². The van der Waals surface area contributed by atoms with Crippen molar-refractivity contribution in [2.45, 2.75) is 26.2 Å². The predicted molar refractivity (Wildman–Crippen MR) is 68.7 cm³/mol.